The fourth-order valence-corrected chi connectivity index (χ4v) is 4.65. The Hall–Kier alpha value is -3.34. The number of amides is 1. The molecule has 2 heterocycles. The monoisotopic (exact) mass is 484 g/mol. The van der Waals surface area contributed by atoms with E-state index in [1.807, 2.05) is 18.2 Å². The summed E-state index contributed by atoms with van der Waals surface area (Å²) in [6.07, 6.45) is 0. The van der Waals surface area contributed by atoms with Crippen molar-refractivity contribution in [1.82, 2.24) is 18.5 Å². The van der Waals surface area contributed by atoms with Crippen LogP contribution in [0.4, 0.5) is 4.39 Å². The average Bonchev–Trinajstić information content (AvgIpc) is 2.85. The number of aromatic nitrogens is 1. The van der Waals surface area contributed by atoms with Crippen molar-refractivity contribution >= 4 is 16.1 Å². The van der Waals surface area contributed by atoms with Crippen molar-refractivity contribution in [3.05, 3.63) is 78.2 Å². The normalized spacial score (nSPS) is 14.9. The first-order valence-corrected chi connectivity index (χ1v) is 12.1. The number of hydrogen-bond donors (Lipinski definition) is 0. The molecule has 0 aliphatic carbocycles. The molecule has 0 saturated carbocycles. The highest BCUT2D eigenvalue weighted by Crippen LogP contribution is 2.25. The summed E-state index contributed by atoms with van der Waals surface area (Å²) in [7, 11) is -0.516. The summed E-state index contributed by atoms with van der Waals surface area (Å²) in [6, 6.07) is 18.2. The summed E-state index contributed by atoms with van der Waals surface area (Å²) >= 11 is 0. The molecular formula is C24H25FN4O4S. The summed E-state index contributed by atoms with van der Waals surface area (Å²) in [5.41, 5.74) is 1.74. The van der Waals surface area contributed by atoms with E-state index in [1.54, 1.807) is 41.3 Å². The van der Waals surface area contributed by atoms with Gasteiger partial charge in [-0.2, -0.15) is 17.0 Å². The lowest BCUT2D eigenvalue weighted by molar-refractivity contribution is 0.0689. The maximum absolute atomic E-state index is 13.1. The Morgan fingerprint density at radius 3 is 2.09 bits per heavy atom. The summed E-state index contributed by atoms with van der Waals surface area (Å²) in [5.74, 6) is 0.551. The van der Waals surface area contributed by atoms with Gasteiger partial charge in [0.1, 0.15) is 23.0 Å². The van der Waals surface area contributed by atoms with Crippen LogP contribution in [0.3, 0.4) is 0 Å². The number of carbonyl (C=O) groups is 1. The first kappa shape index (κ1) is 23.8. The maximum atomic E-state index is 13.1. The molecule has 3 aromatic rings. The van der Waals surface area contributed by atoms with Crippen LogP contribution in [0.2, 0.25) is 0 Å². The van der Waals surface area contributed by atoms with Gasteiger partial charge in [0.05, 0.1) is 5.69 Å². The largest absolute Gasteiger partial charge is 0.457 e. The maximum Gasteiger partial charge on any atom is 0.281 e. The number of benzene rings is 2. The van der Waals surface area contributed by atoms with Gasteiger partial charge in [-0.15, -0.1) is 0 Å². The molecule has 0 radical (unpaired) electrons. The fraction of sp³-hybridized carbons (Fsp3) is 0.250. The molecule has 0 spiro atoms. The number of ether oxygens (including phenoxy) is 1. The summed E-state index contributed by atoms with van der Waals surface area (Å²) in [5, 5.41) is 0. The molecule has 1 aromatic heterocycles. The van der Waals surface area contributed by atoms with Crippen LogP contribution < -0.4 is 4.74 Å². The van der Waals surface area contributed by atoms with Gasteiger partial charge in [-0.05, 0) is 60.7 Å². The molecule has 0 bridgehead atoms. The van der Waals surface area contributed by atoms with Crippen LogP contribution in [0.25, 0.3) is 11.3 Å². The third kappa shape index (κ3) is 5.24. The van der Waals surface area contributed by atoms with Crippen molar-refractivity contribution in [2.45, 2.75) is 0 Å². The number of nitrogens with zero attached hydrogens (tertiary/aromatic N) is 4. The molecular weight excluding hydrogens is 459 g/mol. The third-order valence-corrected chi connectivity index (χ3v) is 7.42. The van der Waals surface area contributed by atoms with Crippen LogP contribution in [-0.2, 0) is 10.2 Å². The molecule has 2 aromatic carbocycles. The number of carbonyl (C=O) groups excluding carboxylic acids is 1. The Morgan fingerprint density at radius 2 is 1.50 bits per heavy atom. The summed E-state index contributed by atoms with van der Waals surface area (Å²) in [6.45, 7) is 1.07. The molecule has 34 heavy (non-hydrogen) atoms. The van der Waals surface area contributed by atoms with E-state index in [2.05, 4.69) is 4.98 Å². The van der Waals surface area contributed by atoms with Gasteiger partial charge in [-0.25, -0.2) is 9.37 Å². The van der Waals surface area contributed by atoms with Gasteiger partial charge in [0, 0.05) is 45.8 Å². The van der Waals surface area contributed by atoms with Crippen molar-refractivity contribution in [1.29, 1.82) is 0 Å². The van der Waals surface area contributed by atoms with Gasteiger partial charge >= 0.3 is 0 Å². The molecule has 0 N–H and O–H groups in total. The van der Waals surface area contributed by atoms with E-state index in [-0.39, 0.29) is 24.8 Å². The smallest absolute Gasteiger partial charge is 0.281 e. The first-order valence-electron chi connectivity index (χ1n) is 10.7. The second-order valence-corrected chi connectivity index (χ2v) is 10.1. The van der Waals surface area contributed by atoms with E-state index in [4.69, 9.17) is 4.74 Å². The summed E-state index contributed by atoms with van der Waals surface area (Å²) in [4.78, 5) is 19.1. The van der Waals surface area contributed by atoms with Crippen molar-refractivity contribution in [3.8, 4) is 22.8 Å². The summed E-state index contributed by atoms with van der Waals surface area (Å²) < 4.78 is 45.9. The van der Waals surface area contributed by atoms with Gasteiger partial charge in [-0.3, -0.25) is 4.79 Å². The van der Waals surface area contributed by atoms with Crippen LogP contribution in [-0.4, -0.2) is 73.1 Å². The fourth-order valence-electron chi connectivity index (χ4n) is 3.56. The zero-order valence-corrected chi connectivity index (χ0v) is 19.7. The second kappa shape index (κ2) is 9.88. The zero-order chi connectivity index (χ0) is 24.3. The predicted octanol–water partition coefficient (Wildman–Crippen LogP) is 3.24. The second-order valence-electron chi connectivity index (χ2n) is 7.97. The molecule has 1 aliphatic rings. The number of pyridine rings is 1. The Labute approximate surface area is 198 Å². The molecule has 8 nitrogen and oxygen atoms in total. The van der Waals surface area contributed by atoms with Crippen LogP contribution in [0.15, 0.2) is 66.7 Å². The van der Waals surface area contributed by atoms with Crippen LogP contribution >= 0.6 is 0 Å². The molecule has 10 heteroatoms. The van der Waals surface area contributed by atoms with E-state index < -0.39 is 10.2 Å². The van der Waals surface area contributed by atoms with E-state index in [0.29, 0.717) is 36.0 Å². The quantitative estimate of drug-likeness (QED) is 0.537. The SMILES string of the molecule is CN(C)S(=O)(=O)N1CCN(C(=O)c2cccc(-c3ccc(Oc4ccc(F)cc4)cc3)n2)CC1. The van der Waals surface area contributed by atoms with Crippen LogP contribution in [0.5, 0.6) is 11.5 Å². The van der Waals surface area contributed by atoms with E-state index in [1.165, 1.54) is 34.8 Å². The van der Waals surface area contributed by atoms with Gasteiger partial charge < -0.3 is 9.64 Å². The predicted molar refractivity (Wildman–Crippen MR) is 126 cm³/mol. The third-order valence-electron chi connectivity index (χ3n) is 5.48. The Bertz CT molecular complexity index is 1260. The number of piperazine rings is 1. The van der Waals surface area contributed by atoms with Gasteiger partial charge in [0.25, 0.3) is 16.1 Å². The average molecular weight is 485 g/mol. The highest BCUT2D eigenvalue weighted by atomic mass is 32.2. The molecule has 1 amide bonds. The van der Waals surface area contributed by atoms with Crippen LogP contribution in [0.1, 0.15) is 10.5 Å². The lowest BCUT2D eigenvalue weighted by Crippen LogP contribution is -2.53. The van der Waals surface area contributed by atoms with Crippen molar-refractivity contribution in [3.63, 3.8) is 0 Å². The molecule has 178 valence electrons. The topological polar surface area (TPSA) is 83.1 Å². The van der Waals surface area contributed by atoms with Crippen molar-refractivity contribution < 1.29 is 22.3 Å². The van der Waals surface area contributed by atoms with E-state index in [0.717, 1.165) is 5.56 Å². The minimum atomic E-state index is -3.50. The van der Waals surface area contributed by atoms with Gasteiger partial charge in [-0.1, -0.05) is 6.07 Å². The molecule has 1 fully saturated rings. The van der Waals surface area contributed by atoms with E-state index in [9.17, 15) is 17.6 Å². The van der Waals surface area contributed by atoms with Crippen molar-refractivity contribution in [2.24, 2.45) is 0 Å². The lowest BCUT2D eigenvalue weighted by Gasteiger charge is -2.35. The minimum Gasteiger partial charge on any atom is -0.457 e. The minimum absolute atomic E-state index is 0.236. The van der Waals surface area contributed by atoms with Gasteiger partial charge in [0.15, 0.2) is 0 Å². The number of halogens is 1. The molecule has 4 rings (SSSR count). The standard InChI is InChI=1S/C24H25FN4O4S/c1-27(2)34(31,32)29-16-14-28(15-17-29)24(30)23-5-3-4-22(26-23)18-6-10-20(11-7-18)33-21-12-8-19(25)9-13-21/h3-13H,14-17H2,1-2H3. The number of rotatable bonds is 6. The lowest BCUT2D eigenvalue weighted by atomic mass is 10.1. The zero-order valence-electron chi connectivity index (χ0n) is 18.9. The number of hydrogen-bond acceptors (Lipinski definition) is 5. The van der Waals surface area contributed by atoms with E-state index >= 15 is 0 Å². The van der Waals surface area contributed by atoms with Gasteiger partial charge in [0.2, 0.25) is 0 Å². The Kier molecular flexibility index (Phi) is 6.92. The molecule has 1 aliphatic heterocycles. The first-order chi connectivity index (χ1) is 16.2. The Morgan fingerprint density at radius 1 is 0.912 bits per heavy atom. The Balaban J connectivity index is 1.43. The van der Waals surface area contributed by atoms with Crippen molar-refractivity contribution in [2.75, 3.05) is 40.3 Å². The molecule has 0 atom stereocenters. The highest BCUT2D eigenvalue weighted by molar-refractivity contribution is 7.86. The molecule has 1 saturated heterocycles. The van der Waals surface area contributed by atoms with Crippen LogP contribution in [0, 0.1) is 5.82 Å². The highest BCUT2D eigenvalue weighted by Gasteiger charge is 2.30. The molecule has 0 unspecified atom stereocenters.